The molecule has 1 aliphatic heterocycles. The third kappa shape index (κ3) is 4.24. The first-order valence-electron chi connectivity index (χ1n) is 10.1. The molecule has 33 heavy (non-hydrogen) atoms. The molecule has 3 heterocycles. The SMILES string of the molecule is O=c1[nH]c2cc3c(cc2cc1CN(Cc1cccs1)S(=O)(=O)c1ccccc1F)OCCO3. The van der Waals surface area contributed by atoms with Gasteiger partial charge in [-0.1, -0.05) is 18.2 Å². The van der Waals surface area contributed by atoms with Crippen LogP contribution in [0.25, 0.3) is 10.9 Å². The summed E-state index contributed by atoms with van der Waals surface area (Å²) in [7, 11) is -4.22. The third-order valence-electron chi connectivity index (χ3n) is 5.30. The molecule has 0 aliphatic carbocycles. The normalized spacial score (nSPS) is 13.5. The fourth-order valence-corrected chi connectivity index (χ4v) is 5.95. The van der Waals surface area contributed by atoms with Gasteiger partial charge in [-0.25, -0.2) is 12.8 Å². The number of hydrogen-bond donors (Lipinski definition) is 1. The van der Waals surface area contributed by atoms with Crippen molar-refractivity contribution in [3.05, 3.63) is 86.6 Å². The highest BCUT2D eigenvalue weighted by molar-refractivity contribution is 7.89. The van der Waals surface area contributed by atoms with E-state index in [1.165, 1.54) is 29.5 Å². The number of ether oxygens (including phenoxy) is 2. The van der Waals surface area contributed by atoms with Crippen LogP contribution in [0.2, 0.25) is 0 Å². The van der Waals surface area contributed by atoms with E-state index >= 15 is 0 Å². The minimum absolute atomic E-state index is 0.00690. The number of nitrogens with zero attached hydrogens (tertiary/aromatic N) is 1. The van der Waals surface area contributed by atoms with Crippen LogP contribution in [0.4, 0.5) is 4.39 Å². The maximum absolute atomic E-state index is 14.4. The largest absolute Gasteiger partial charge is 0.486 e. The third-order valence-corrected chi connectivity index (χ3v) is 7.98. The summed E-state index contributed by atoms with van der Waals surface area (Å²) in [6, 6.07) is 13.9. The van der Waals surface area contributed by atoms with Gasteiger partial charge < -0.3 is 14.5 Å². The zero-order valence-corrected chi connectivity index (χ0v) is 18.9. The van der Waals surface area contributed by atoms with Gasteiger partial charge in [-0.2, -0.15) is 4.31 Å². The highest BCUT2D eigenvalue weighted by Gasteiger charge is 2.29. The smallest absolute Gasteiger partial charge is 0.252 e. The van der Waals surface area contributed by atoms with E-state index in [-0.39, 0.29) is 18.7 Å². The second-order valence-electron chi connectivity index (χ2n) is 7.49. The molecule has 2 aromatic heterocycles. The van der Waals surface area contributed by atoms with Crippen molar-refractivity contribution < 1.29 is 22.3 Å². The zero-order valence-electron chi connectivity index (χ0n) is 17.3. The van der Waals surface area contributed by atoms with Gasteiger partial charge in [0, 0.05) is 35.0 Å². The molecule has 170 valence electrons. The quantitative estimate of drug-likeness (QED) is 0.447. The number of hydrogen-bond acceptors (Lipinski definition) is 6. The van der Waals surface area contributed by atoms with Crippen molar-refractivity contribution in [2.45, 2.75) is 18.0 Å². The fraction of sp³-hybridized carbons (Fsp3) is 0.174. The second kappa shape index (κ2) is 8.62. The molecule has 0 bridgehead atoms. The minimum atomic E-state index is -4.22. The summed E-state index contributed by atoms with van der Waals surface area (Å²) in [6.07, 6.45) is 0. The molecule has 0 saturated carbocycles. The van der Waals surface area contributed by atoms with E-state index in [1.54, 1.807) is 24.3 Å². The van der Waals surface area contributed by atoms with Gasteiger partial charge in [0.1, 0.15) is 23.9 Å². The van der Waals surface area contributed by atoms with E-state index in [2.05, 4.69) is 4.98 Å². The Morgan fingerprint density at radius 1 is 1.00 bits per heavy atom. The molecular formula is C23H19FN2O5S2. The van der Waals surface area contributed by atoms with Gasteiger partial charge in [0.15, 0.2) is 11.5 Å². The van der Waals surface area contributed by atoms with Gasteiger partial charge in [0.2, 0.25) is 10.0 Å². The Hall–Kier alpha value is -3.21. The summed E-state index contributed by atoms with van der Waals surface area (Å²) in [5.74, 6) is 0.254. The van der Waals surface area contributed by atoms with Crippen LogP contribution >= 0.6 is 11.3 Å². The first kappa shape index (κ1) is 21.6. The number of aromatic nitrogens is 1. The summed E-state index contributed by atoms with van der Waals surface area (Å²) in [6.45, 7) is 0.623. The van der Waals surface area contributed by atoms with Crippen molar-refractivity contribution in [3.63, 3.8) is 0 Å². The lowest BCUT2D eigenvalue weighted by molar-refractivity contribution is 0.172. The van der Waals surface area contributed by atoms with Crippen LogP contribution < -0.4 is 15.0 Å². The average Bonchev–Trinajstić information content (AvgIpc) is 3.31. The van der Waals surface area contributed by atoms with Crippen LogP contribution in [0.1, 0.15) is 10.4 Å². The van der Waals surface area contributed by atoms with E-state index in [0.29, 0.717) is 35.6 Å². The number of fused-ring (bicyclic) bond motifs is 2. The standard InChI is InChI=1S/C23H19FN2O5S2/c24-18-5-1-2-6-22(18)33(28,29)26(14-17-4-3-9-32-17)13-16-10-15-11-20-21(31-8-7-30-20)12-19(15)25-23(16)27/h1-6,9-12H,7-8,13-14H2,(H,25,27). The van der Waals surface area contributed by atoms with Crippen LogP contribution in [-0.2, 0) is 23.1 Å². The Bertz CT molecular complexity index is 1480. The van der Waals surface area contributed by atoms with Gasteiger partial charge in [0.25, 0.3) is 5.56 Å². The summed E-state index contributed by atoms with van der Waals surface area (Å²) in [5, 5.41) is 2.50. The second-order valence-corrected chi connectivity index (χ2v) is 10.4. The van der Waals surface area contributed by atoms with Gasteiger partial charge in [-0.15, -0.1) is 11.3 Å². The Labute approximate surface area is 193 Å². The molecule has 10 heteroatoms. The first-order valence-corrected chi connectivity index (χ1v) is 12.5. The molecular weight excluding hydrogens is 467 g/mol. The van der Waals surface area contributed by atoms with Crippen LogP contribution in [0, 0.1) is 5.82 Å². The Morgan fingerprint density at radius 3 is 2.48 bits per heavy atom. The Kier molecular flexibility index (Phi) is 5.65. The highest BCUT2D eigenvalue weighted by Crippen LogP contribution is 2.34. The molecule has 4 aromatic rings. The van der Waals surface area contributed by atoms with Crippen LogP contribution in [0.3, 0.4) is 0 Å². The fourth-order valence-electron chi connectivity index (χ4n) is 3.69. The van der Waals surface area contributed by atoms with Crippen molar-refractivity contribution in [3.8, 4) is 11.5 Å². The van der Waals surface area contributed by atoms with Gasteiger partial charge in [-0.3, -0.25) is 4.79 Å². The summed E-state index contributed by atoms with van der Waals surface area (Å²) in [5.41, 5.74) is 0.351. The van der Waals surface area contributed by atoms with E-state index in [4.69, 9.17) is 9.47 Å². The van der Waals surface area contributed by atoms with E-state index in [1.807, 2.05) is 11.4 Å². The number of sulfonamides is 1. The van der Waals surface area contributed by atoms with Crippen LogP contribution in [0.5, 0.6) is 11.5 Å². The molecule has 0 fully saturated rings. The van der Waals surface area contributed by atoms with Crippen molar-refractivity contribution in [2.24, 2.45) is 0 Å². The number of pyridine rings is 1. The Balaban J connectivity index is 1.57. The number of nitrogens with one attached hydrogen (secondary N) is 1. The van der Waals surface area contributed by atoms with Crippen LogP contribution in [-0.4, -0.2) is 30.9 Å². The molecule has 1 aliphatic rings. The van der Waals surface area contributed by atoms with Crippen molar-refractivity contribution >= 4 is 32.3 Å². The summed E-state index contributed by atoms with van der Waals surface area (Å²) < 4.78 is 53.5. The zero-order chi connectivity index (χ0) is 23.0. The highest BCUT2D eigenvalue weighted by atomic mass is 32.2. The topological polar surface area (TPSA) is 88.7 Å². The lowest BCUT2D eigenvalue weighted by Gasteiger charge is -2.22. The summed E-state index contributed by atoms with van der Waals surface area (Å²) in [4.78, 5) is 16.0. The van der Waals surface area contributed by atoms with E-state index in [9.17, 15) is 17.6 Å². The monoisotopic (exact) mass is 486 g/mol. The van der Waals surface area contributed by atoms with E-state index in [0.717, 1.165) is 15.2 Å². The summed E-state index contributed by atoms with van der Waals surface area (Å²) >= 11 is 1.38. The van der Waals surface area contributed by atoms with Gasteiger partial charge in [0.05, 0.1) is 5.52 Å². The van der Waals surface area contributed by atoms with Gasteiger partial charge in [-0.05, 0) is 35.7 Å². The molecule has 7 nitrogen and oxygen atoms in total. The number of thiophene rings is 1. The minimum Gasteiger partial charge on any atom is -0.486 e. The number of H-pyrrole nitrogens is 1. The van der Waals surface area contributed by atoms with Crippen LogP contribution in [0.15, 0.2) is 69.7 Å². The number of halogens is 1. The van der Waals surface area contributed by atoms with Crippen molar-refractivity contribution in [1.82, 2.24) is 9.29 Å². The predicted octanol–water partition coefficient (Wildman–Crippen LogP) is 3.89. The lowest BCUT2D eigenvalue weighted by Crippen LogP contribution is -2.32. The van der Waals surface area contributed by atoms with Gasteiger partial charge >= 0.3 is 0 Å². The van der Waals surface area contributed by atoms with Crippen molar-refractivity contribution in [2.75, 3.05) is 13.2 Å². The molecule has 0 saturated heterocycles. The molecule has 0 unspecified atom stereocenters. The predicted molar refractivity (Wildman–Crippen MR) is 123 cm³/mol. The van der Waals surface area contributed by atoms with E-state index < -0.39 is 26.3 Å². The lowest BCUT2D eigenvalue weighted by atomic mass is 10.1. The molecule has 0 spiro atoms. The van der Waals surface area contributed by atoms with Crippen molar-refractivity contribution in [1.29, 1.82) is 0 Å². The molecule has 5 rings (SSSR count). The maximum Gasteiger partial charge on any atom is 0.252 e. The Morgan fingerprint density at radius 2 is 1.76 bits per heavy atom. The molecule has 0 amide bonds. The molecule has 0 atom stereocenters. The first-order chi connectivity index (χ1) is 15.9. The molecule has 1 N–H and O–H groups in total. The molecule has 0 radical (unpaired) electrons. The maximum atomic E-state index is 14.4. The number of benzene rings is 2. The molecule has 2 aromatic carbocycles. The number of rotatable bonds is 6. The average molecular weight is 487 g/mol. The number of aromatic amines is 1.